The second-order valence-corrected chi connectivity index (χ2v) is 5.93. The quantitative estimate of drug-likeness (QED) is 0.723. The van der Waals surface area contributed by atoms with E-state index >= 15 is 0 Å². The average molecular weight is 220 g/mol. The summed E-state index contributed by atoms with van der Waals surface area (Å²) in [7, 11) is -1.22. The molecular formula is C9H20N2O2S. The number of rotatable bonds is 5. The first-order valence-electron chi connectivity index (χ1n) is 5.22. The van der Waals surface area contributed by atoms with Gasteiger partial charge < -0.3 is 5.32 Å². The highest BCUT2D eigenvalue weighted by Gasteiger charge is 2.29. The Balaban J connectivity index is 2.49. The van der Waals surface area contributed by atoms with Gasteiger partial charge in [-0.1, -0.05) is 13.3 Å². The minimum absolute atomic E-state index is 0.222. The Labute approximate surface area is 86.7 Å². The first-order valence-corrected chi connectivity index (χ1v) is 6.83. The lowest BCUT2D eigenvalue weighted by molar-refractivity contribution is 0.452. The lowest BCUT2D eigenvalue weighted by Crippen LogP contribution is -2.34. The fourth-order valence-electron chi connectivity index (χ4n) is 1.74. The molecule has 0 radical (unpaired) electrons. The van der Waals surface area contributed by atoms with Crippen LogP contribution in [-0.4, -0.2) is 45.2 Å². The summed E-state index contributed by atoms with van der Waals surface area (Å²) < 4.78 is 25.1. The molecule has 0 amide bonds. The Hall–Kier alpha value is -0.130. The normalized spacial score (nSPS) is 24.3. The predicted octanol–water partition coefficient (Wildman–Crippen LogP) is 0.268. The number of hydrogen-bond donors (Lipinski definition) is 1. The molecule has 4 nitrogen and oxygen atoms in total. The van der Waals surface area contributed by atoms with E-state index in [1.807, 2.05) is 0 Å². The Morgan fingerprint density at radius 3 is 2.71 bits per heavy atom. The highest BCUT2D eigenvalue weighted by molar-refractivity contribution is 7.89. The average Bonchev–Trinajstić information content (AvgIpc) is 2.63. The van der Waals surface area contributed by atoms with Crippen LogP contribution in [0.5, 0.6) is 0 Å². The fraction of sp³-hybridized carbons (Fsp3) is 1.00. The Bertz CT molecular complexity index is 264. The summed E-state index contributed by atoms with van der Waals surface area (Å²) >= 11 is 0. The lowest BCUT2D eigenvalue weighted by Gasteiger charge is -2.15. The van der Waals surface area contributed by atoms with Crippen LogP contribution >= 0.6 is 0 Å². The predicted molar refractivity (Wildman–Crippen MR) is 57.7 cm³/mol. The zero-order valence-electron chi connectivity index (χ0n) is 8.99. The molecule has 1 aliphatic heterocycles. The van der Waals surface area contributed by atoms with E-state index in [0.29, 0.717) is 19.0 Å². The molecule has 0 aliphatic carbocycles. The smallest absolute Gasteiger partial charge is 0.215 e. The summed E-state index contributed by atoms with van der Waals surface area (Å²) in [5.41, 5.74) is 0. The monoisotopic (exact) mass is 220 g/mol. The van der Waals surface area contributed by atoms with Crippen molar-refractivity contribution < 1.29 is 8.42 Å². The van der Waals surface area contributed by atoms with Crippen LogP contribution in [0, 0.1) is 5.92 Å². The standard InChI is InChI=1S/C9H20N2O2S/c1-3-9-4-6-11(8-9)14(12,13)7-5-10-2/h9-10H,3-8H2,1-2H3. The van der Waals surface area contributed by atoms with Gasteiger partial charge in [0.15, 0.2) is 0 Å². The Morgan fingerprint density at radius 1 is 1.50 bits per heavy atom. The van der Waals surface area contributed by atoms with Crippen molar-refractivity contribution in [2.45, 2.75) is 19.8 Å². The molecule has 0 aromatic rings. The van der Waals surface area contributed by atoms with Gasteiger partial charge in [-0.25, -0.2) is 12.7 Å². The van der Waals surface area contributed by atoms with Gasteiger partial charge in [0.05, 0.1) is 5.75 Å². The van der Waals surface area contributed by atoms with Gasteiger partial charge >= 0.3 is 0 Å². The van der Waals surface area contributed by atoms with Gasteiger partial charge in [-0.2, -0.15) is 0 Å². The maximum atomic E-state index is 11.7. The zero-order valence-corrected chi connectivity index (χ0v) is 9.81. The van der Waals surface area contributed by atoms with Crippen LogP contribution in [0.4, 0.5) is 0 Å². The largest absolute Gasteiger partial charge is 0.319 e. The molecule has 1 unspecified atom stereocenters. The van der Waals surface area contributed by atoms with Crippen LogP contribution < -0.4 is 5.32 Å². The van der Waals surface area contributed by atoms with Crippen molar-refractivity contribution in [2.24, 2.45) is 5.92 Å². The van der Waals surface area contributed by atoms with Gasteiger partial charge in [0.25, 0.3) is 0 Å². The van der Waals surface area contributed by atoms with E-state index in [0.717, 1.165) is 19.4 Å². The summed E-state index contributed by atoms with van der Waals surface area (Å²) in [5, 5.41) is 2.87. The van der Waals surface area contributed by atoms with E-state index in [1.165, 1.54) is 0 Å². The van der Waals surface area contributed by atoms with E-state index in [2.05, 4.69) is 12.2 Å². The molecule has 14 heavy (non-hydrogen) atoms. The first kappa shape index (κ1) is 11.9. The number of sulfonamides is 1. The van der Waals surface area contributed by atoms with Crippen molar-refractivity contribution in [1.82, 2.24) is 9.62 Å². The summed E-state index contributed by atoms with van der Waals surface area (Å²) in [5.74, 6) is 0.791. The van der Waals surface area contributed by atoms with Gasteiger partial charge in [0.2, 0.25) is 10.0 Å². The second kappa shape index (κ2) is 5.09. The molecule has 5 heteroatoms. The maximum Gasteiger partial charge on any atom is 0.215 e. The Kier molecular flexibility index (Phi) is 4.34. The summed E-state index contributed by atoms with van der Waals surface area (Å²) in [4.78, 5) is 0. The second-order valence-electron chi connectivity index (χ2n) is 3.84. The zero-order chi connectivity index (χ0) is 10.6. The van der Waals surface area contributed by atoms with Crippen molar-refractivity contribution in [3.05, 3.63) is 0 Å². The summed E-state index contributed by atoms with van der Waals surface area (Å²) in [6.07, 6.45) is 2.10. The molecule has 1 aliphatic rings. The number of hydrogen-bond acceptors (Lipinski definition) is 3. The topological polar surface area (TPSA) is 49.4 Å². The Morgan fingerprint density at radius 2 is 2.21 bits per heavy atom. The third kappa shape index (κ3) is 2.93. The molecule has 1 fully saturated rings. The number of nitrogens with one attached hydrogen (secondary N) is 1. The fourth-order valence-corrected chi connectivity index (χ4v) is 3.28. The molecule has 1 saturated heterocycles. The van der Waals surface area contributed by atoms with Crippen LogP contribution in [0.25, 0.3) is 0 Å². The van der Waals surface area contributed by atoms with Gasteiger partial charge in [-0.3, -0.25) is 0 Å². The highest BCUT2D eigenvalue weighted by Crippen LogP contribution is 2.21. The van der Waals surface area contributed by atoms with Crippen LogP contribution in [-0.2, 0) is 10.0 Å². The van der Waals surface area contributed by atoms with Crippen LogP contribution in [0.2, 0.25) is 0 Å². The molecule has 0 bridgehead atoms. The van der Waals surface area contributed by atoms with Crippen LogP contribution in [0.1, 0.15) is 19.8 Å². The van der Waals surface area contributed by atoms with Crippen molar-refractivity contribution in [3.63, 3.8) is 0 Å². The molecule has 1 heterocycles. The van der Waals surface area contributed by atoms with E-state index in [9.17, 15) is 8.42 Å². The molecule has 1 rings (SSSR count). The molecule has 84 valence electrons. The van der Waals surface area contributed by atoms with E-state index in [1.54, 1.807) is 11.4 Å². The summed E-state index contributed by atoms with van der Waals surface area (Å²) in [6.45, 7) is 4.09. The molecule has 1 atom stereocenters. The van der Waals surface area contributed by atoms with E-state index in [4.69, 9.17) is 0 Å². The van der Waals surface area contributed by atoms with Gasteiger partial charge in [0, 0.05) is 19.6 Å². The van der Waals surface area contributed by atoms with Crippen LogP contribution in [0.15, 0.2) is 0 Å². The SMILES string of the molecule is CCC1CCN(S(=O)(=O)CCNC)C1. The molecule has 0 saturated carbocycles. The van der Waals surface area contributed by atoms with E-state index < -0.39 is 10.0 Å². The summed E-state index contributed by atoms with van der Waals surface area (Å²) in [6, 6.07) is 0. The minimum Gasteiger partial charge on any atom is -0.319 e. The van der Waals surface area contributed by atoms with Crippen molar-refractivity contribution >= 4 is 10.0 Å². The molecular weight excluding hydrogens is 200 g/mol. The number of nitrogens with zero attached hydrogens (tertiary/aromatic N) is 1. The van der Waals surface area contributed by atoms with Gasteiger partial charge in [0.1, 0.15) is 0 Å². The molecule has 0 aromatic heterocycles. The van der Waals surface area contributed by atoms with E-state index in [-0.39, 0.29) is 5.75 Å². The maximum absolute atomic E-state index is 11.7. The highest BCUT2D eigenvalue weighted by atomic mass is 32.2. The van der Waals surface area contributed by atoms with Gasteiger partial charge in [-0.15, -0.1) is 0 Å². The lowest BCUT2D eigenvalue weighted by atomic mass is 10.1. The van der Waals surface area contributed by atoms with Crippen molar-refractivity contribution in [3.8, 4) is 0 Å². The third-order valence-electron chi connectivity index (χ3n) is 2.83. The van der Waals surface area contributed by atoms with Gasteiger partial charge in [-0.05, 0) is 19.4 Å². The molecule has 0 aromatic carbocycles. The molecule has 0 spiro atoms. The van der Waals surface area contributed by atoms with Crippen molar-refractivity contribution in [1.29, 1.82) is 0 Å². The first-order chi connectivity index (χ1) is 6.60. The van der Waals surface area contributed by atoms with Crippen LogP contribution in [0.3, 0.4) is 0 Å². The molecule has 1 N–H and O–H groups in total. The minimum atomic E-state index is -2.99. The van der Waals surface area contributed by atoms with Crippen molar-refractivity contribution in [2.75, 3.05) is 32.4 Å². The third-order valence-corrected chi connectivity index (χ3v) is 4.67.